The number of nitrogens with zero attached hydrogens (tertiary/aromatic N) is 2. The van der Waals surface area contributed by atoms with E-state index in [-0.39, 0.29) is 11.1 Å². The first-order chi connectivity index (χ1) is 10.8. The van der Waals surface area contributed by atoms with Crippen LogP contribution in [-0.4, -0.2) is 36.0 Å². The van der Waals surface area contributed by atoms with Gasteiger partial charge in [0, 0.05) is 18.8 Å². The molecule has 9 nitrogen and oxygen atoms in total. The molecule has 122 valence electrons. The van der Waals surface area contributed by atoms with Gasteiger partial charge in [-0.15, -0.1) is 0 Å². The molecule has 0 aliphatic carbocycles. The highest BCUT2D eigenvalue weighted by Crippen LogP contribution is 2.34. The van der Waals surface area contributed by atoms with Gasteiger partial charge in [-0.2, -0.15) is 0 Å². The SMILES string of the molecule is COC(=O)C1=C(C)N(C)C(=O)N[C@@H]1c1ccc([O-])c([N+](=O)[O-])c1. The van der Waals surface area contributed by atoms with E-state index in [0.29, 0.717) is 5.70 Å². The van der Waals surface area contributed by atoms with Crippen molar-refractivity contribution in [1.82, 2.24) is 10.2 Å². The zero-order valence-corrected chi connectivity index (χ0v) is 12.7. The minimum Gasteiger partial charge on any atom is -0.868 e. The van der Waals surface area contributed by atoms with Gasteiger partial charge in [0.1, 0.15) is 0 Å². The molecule has 0 radical (unpaired) electrons. The summed E-state index contributed by atoms with van der Waals surface area (Å²) in [5, 5.41) is 25.0. The monoisotopic (exact) mass is 320 g/mol. The number of nitro groups is 1. The first kappa shape index (κ1) is 16.3. The van der Waals surface area contributed by atoms with E-state index in [0.717, 1.165) is 12.1 Å². The third-order valence-corrected chi connectivity index (χ3v) is 3.67. The molecule has 1 aliphatic rings. The molecule has 23 heavy (non-hydrogen) atoms. The lowest BCUT2D eigenvalue weighted by Crippen LogP contribution is -2.46. The van der Waals surface area contributed by atoms with Gasteiger partial charge in [0.15, 0.2) is 0 Å². The smallest absolute Gasteiger partial charge is 0.337 e. The third kappa shape index (κ3) is 2.80. The zero-order chi connectivity index (χ0) is 17.3. The highest BCUT2D eigenvalue weighted by atomic mass is 16.6. The molecule has 1 aliphatic heterocycles. The molecule has 1 atom stereocenters. The van der Waals surface area contributed by atoms with Crippen molar-refractivity contribution in [3.8, 4) is 5.75 Å². The fourth-order valence-electron chi connectivity index (χ4n) is 2.32. The van der Waals surface area contributed by atoms with E-state index in [1.807, 2.05) is 0 Å². The summed E-state index contributed by atoms with van der Waals surface area (Å²) in [7, 11) is 2.67. The van der Waals surface area contributed by atoms with Crippen LogP contribution in [0, 0.1) is 10.1 Å². The van der Waals surface area contributed by atoms with Crippen LogP contribution in [0.15, 0.2) is 29.5 Å². The summed E-state index contributed by atoms with van der Waals surface area (Å²) in [6.45, 7) is 1.56. The first-order valence-corrected chi connectivity index (χ1v) is 6.56. The predicted molar refractivity (Wildman–Crippen MR) is 76.3 cm³/mol. The average molecular weight is 320 g/mol. The standard InChI is InChI=1S/C14H15N3O6/c1-7-11(13(19)23-3)12(15-14(20)16(7)2)8-4-5-10(18)9(6-8)17(21)22/h4-6,12,18H,1-3H3,(H,15,20)/p-1/t12-/m1/s1. The Morgan fingerprint density at radius 2 is 2.09 bits per heavy atom. The van der Waals surface area contributed by atoms with E-state index in [9.17, 15) is 24.8 Å². The van der Waals surface area contributed by atoms with Crippen molar-refractivity contribution in [2.45, 2.75) is 13.0 Å². The van der Waals surface area contributed by atoms with Crippen molar-refractivity contribution in [2.24, 2.45) is 0 Å². The lowest BCUT2D eigenvalue weighted by Gasteiger charge is -2.33. The van der Waals surface area contributed by atoms with Gasteiger partial charge in [-0.25, -0.2) is 9.59 Å². The number of methoxy groups -OCH3 is 1. The molecule has 0 unspecified atom stereocenters. The Morgan fingerprint density at radius 1 is 1.43 bits per heavy atom. The highest BCUT2D eigenvalue weighted by molar-refractivity contribution is 5.94. The number of carbonyl (C=O) groups is 2. The number of ether oxygens (including phenoxy) is 1. The maximum absolute atomic E-state index is 12.0. The van der Waals surface area contributed by atoms with Gasteiger partial charge < -0.3 is 20.1 Å². The number of hydrogen-bond donors (Lipinski definition) is 1. The minimum absolute atomic E-state index is 0.141. The van der Waals surface area contributed by atoms with Crippen LogP contribution in [0.1, 0.15) is 18.5 Å². The molecule has 0 saturated carbocycles. The van der Waals surface area contributed by atoms with Crippen LogP contribution in [0.3, 0.4) is 0 Å². The molecule has 2 rings (SSSR count). The van der Waals surface area contributed by atoms with Crippen LogP contribution in [0.25, 0.3) is 0 Å². The Morgan fingerprint density at radius 3 is 2.65 bits per heavy atom. The summed E-state index contributed by atoms with van der Waals surface area (Å²) < 4.78 is 4.73. The molecular formula is C14H14N3O6-. The molecule has 0 fully saturated rings. The molecular weight excluding hydrogens is 306 g/mol. The molecule has 9 heteroatoms. The molecule has 1 aromatic rings. The number of amides is 2. The van der Waals surface area contributed by atoms with Crippen molar-refractivity contribution < 1.29 is 24.4 Å². The fourth-order valence-corrected chi connectivity index (χ4v) is 2.32. The molecule has 0 aromatic heterocycles. The lowest BCUT2D eigenvalue weighted by atomic mass is 9.94. The number of nitro benzene ring substituents is 1. The number of carbonyl (C=O) groups excluding carboxylic acids is 2. The van der Waals surface area contributed by atoms with Gasteiger partial charge in [0.2, 0.25) is 0 Å². The topological polar surface area (TPSA) is 125 Å². The number of rotatable bonds is 3. The van der Waals surface area contributed by atoms with Gasteiger partial charge >= 0.3 is 12.0 Å². The Hall–Kier alpha value is -3.10. The summed E-state index contributed by atoms with van der Waals surface area (Å²) in [5.74, 6) is -1.42. The van der Waals surface area contributed by atoms with Gasteiger partial charge in [0.25, 0.3) is 5.69 Å². The maximum Gasteiger partial charge on any atom is 0.337 e. The Bertz CT molecular complexity index is 727. The number of benzene rings is 1. The van der Waals surface area contributed by atoms with Crippen LogP contribution in [0.4, 0.5) is 10.5 Å². The van der Waals surface area contributed by atoms with Crippen molar-refractivity contribution >= 4 is 17.7 Å². The first-order valence-electron chi connectivity index (χ1n) is 6.56. The Kier molecular flexibility index (Phi) is 4.21. The summed E-state index contributed by atoms with van der Waals surface area (Å²) in [5.41, 5.74) is 0.122. The Balaban J connectivity index is 2.60. The van der Waals surface area contributed by atoms with E-state index in [1.54, 1.807) is 6.92 Å². The molecule has 1 N–H and O–H groups in total. The molecule has 2 amide bonds. The van der Waals surface area contributed by atoms with Gasteiger partial charge in [-0.05, 0) is 18.2 Å². The van der Waals surface area contributed by atoms with Crippen LogP contribution in [-0.2, 0) is 9.53 Å². The third-order valence-electron chi connectivity index (χ3n) is 3.67. The van der Waals surface area contributed by atoms with Crippen molar-refractivity contribution in [3.05, 3.63) is 45.1 Å². The summed E-state index contributed by atoms with van der Waals surface area (Å²) >= 11 is 0. The van der Waals surface area contributed by atoms with Crippen LogP contribution < -0.4 is 10.4 Å². The van der Waals surface area contributed by atoms with Gasteiger partial charge in [0.05, 0.1) is 23.6 Å². The zero-order valence-electron chi connectivity index (χ0n) is 12.7. The molecule has 0 bridgehead atoms. The molecule has 1 heterocycles. The summed E-state index contributed by atoms with van der Waals surface area (Å²) in [6, 6.07) is 2.00. The number of urea groups is 1. The quantitative estimate of drug-likeness (QED) is 0.499. The average Bonchev–Trinajstić information content (AvgIpc) is 2.51. The van der Waals surface area contributed by atoms with Crippen molar-refractivity contribution in [3.63, 3.8) is 0 Å². The fraction of sp³-hybridized carbons (Fsp3) is 0.286. The number of esters is 1. The highest BCUT2D eigenvalue weighted by Gasteiger charge is 2.35. The maximum atomic E-state index is 12.0. The molecule has 0 spiro atoms. The van der Waals surface area contributed by atoms with E-state index in [1.165, 1.54) is 25.1 Å². The van der Waals surface area contributed by atoms with E-state index >= 15 is 0 Å². The number of hydrogen-bond acceptors (Lipinski definition) is 6. The lowest BCUT2D eigenvalue weighted by molar-refractivity contribution is -0.398. The van der Waals surface area contributed by atoms with E-state index < -0.39 is 34.4 Å². The number of nitrogens with one attached hydrogen (secondary N) is 1. The molecule has 0 saturated heterocycles. The molecule has 1 aromatic carbocycles. The van der Waals surface area contributed by atoms with Crippen LogP contribution >= 0.6 is 0 Å². The van der Waals surface area contributed by atoms with E-state index in [4.69, 9.17) is 4.74 Å². The normalized spacial score (nSPS) is 17.8. The van der Waals surface area contributed by atoms with Gasteiger partial charge in [-0.1, -0.05) is 12.1 Å². The minimum atomic E-state index is -0.939. The van der Waals surface area contributed by atoms with Crippen LogP contribution in [0.2, 0.25) is 0 Å². The number of allylic oxidation sites excluding steroid dienone is 1. The predicted octanol–water partition coefficient (Wildman–Crippen LogP) is 0.812. The van der Waals surface area contributed by atoms with Crippen molar-refractivity contribution in [2.75, 3.05) is 14.2 Å². The Labute approximate surface area is 131 Å². The second-order valence-electron chi connectivity index (χ2n) is 4.92. The summed E-state index contributed by atoms with van der Waals surface area (Å²) in [4.78, 5) is 35.4. The second-order valence-corrected chi connectivity index (χ2v) is 4.92. The van der Waals surface area contributed by atoms with Crippen LogP contribution in [0.5, 0.6) is 5.75 Å². The second kappa shape index (κ2) is 5.95. The largest absolute Gasteiger partial charge is 0.868 e. The van der Waals surface area contributed by atoms with E-state index in [2.05, 4.69) is 5.32 Å². The summed E-state index contributed by atoms with van der Waals surface area (Å²) in [6.07, 6.45) is 0. The van der Waals surface area contributed by atoms with Crippen molar-refractivity contribution in [1.29, 1.82) is 0 Å². The van der Waals surface area contributed by atoms with Gasteiger partial charge in [-0.3, -0.25) is 10.1 Å².